The van der Waals surface area contributed by atoms with Crippen LogP contribution in [0.25, 0.3) is 0 Å². The maximum Gasteiger partial charge on any atom is 0.224 e. The molecule has 1 heterocycles. The zero-order valence-corrected chi connectivity index (χ0v) is 10.9. The molecule has 0 spiro atoms. The van der Waals surface area contributed by atoms with Gasteiger partial charge in [0, 0.05) is 25.8 Å². The van der Waals surface area contributed by atoms with Gasteiger partial charge in [-0.1, -0.05) is 18.2 Å². The van der Waals surface area contributed by atoms with Gasteiger partial charge in [-0.2, -0.15) is 0 Å². The molecule has 1 aliphatic rings. The summed E-state index contributed by atoms with van der Waals surface area (Å²) in [5.41, 5.74) is 7.93. The first-order valence-corrected chi connectivity index (χ1v) is 6.48. The smallest absolute Gasteiger partial charge is 0.224 e. The lowest BCUT2D eigenvalue weighted by atomic mass is 9.96. The number of nitrogens with one attached hydrogen (secondary N) is 1. The molecule has 1 aromatic carbocycles. The number of carbonyl (C=O) groups excluding carboxylic acids is 1. The van der Waals surface area contributed by atoms with Crippen LogP contribution < -0.4 is 11.1 Å². The first kappa shape index (κ1) is 12.9. The van der Waals surface area contributed by atoms with E-state index in [0.717, 1.165) is 43.7 Å². The average molecular weight is 247 g/mol. The summed E-state index contributed by atoms with van der Waals surface area (Å²) in [5, 5.41) is 2.74. The summed E-state index contributed by atoms with van der Waals surface area (Å²) in [6, 6.07) is 7.93. The monoisotopic (exact) mass is 247 g/mol. The summed E-state index contributed by atoms with van der Waals surface area (Å²) in [7, 11) is 1.70. The Morgan fingerprint density at radius 1 is 1.50 bits per heavy atom. The number of carbonyl (C=O) groups is 1. The Labute approximate surface area is 108 Å². The van der Waals surface area contributed by atoms with Gasteiger partial charge in [0.25, 0.3) is 0 Å². The lowest BCUT2D eigenvalue weighted by Crippen LogP contribution is -2.41. The van der Waals surface area contributed by atoms with Crippen molar-refractivity contribution in [2.24, 2.45) is 5.92 Å². The van der Waals surface area contributed by atoms with Gasteiger partial charge in [0.1, 0.15) is 0 Å². The van der Waals surface area contributed by atoms with E-state index in [1.54, 1.807) is 7.05 Å². The molecule has 4 heteroatoms. The second-order valence-electron chi connectivity index (χ2n) is 4.89. The van der Waals surface area contributed by atoms with Crippen LogP contribution in [0.15, 0.2) is 24.3 Å². The number of nitrogens with zero attached hydrogens (tertiary/aromatic N) is 1. The third-order valence-electron chi connectivity index (χ3n) is 3.57. The van der Waals surface area contributed by atoms with Crippen molar-refractivity contribution < 1.29 is 4.79 Å². The van der Waals surface area contributed by atoms with Crippen molar-refractivity contribution >= 4 is 11.6 Å². The Hall–Kier alpha value is -1.55. The van der Waals surface area contributed by atoms with Gasteiger partial charge in [-0.25, -0.2) is 0 Å². The molecule has 0 bridgehead atoms. The molecule has 18 heavy (non-hydrogen) atoms. The van der Waals surface area contributed by atoms with E-state index in [1.807, 2.05) is 18.2 Å². The molecule has 0 radical (unpaired) electrons. The molecule has 4 nitrogen and oxygen atoms in total. The van der Waals surface area contributed by atoms with Crippen LogP contribution in [0.2, 0.25) is 0 Å². The van der Waals surface area contributed by atoms with Crippen molar-refractivity contribution in [2.45, 2.75) is 19.4 Å². The molecule has 1 aromatic rings. The van der Waals surface area contributed by atoms with Crippen molar-refractivity contribution in [3.63, 3.8) is 0 Å². The summed E-state index contributed by atoms with van der Waals surface area (Å²) >= 11 is 0. The van der Waals surface area contributed by atoms with E-state index in [0.29, 0.717) is 0 Å². The van der Waals surface area contributed by atoms with E-state index < -0.39 is 0 Å². The molecular weight excluding hydrogens is 226 g/mol. The van der Waals surface area contributed by atoms with Crippen LogP contribution in [0.1, 0.15) is 18.4 Å². The van der Waals surface area contributed by atoms with Crippen LogP contribution >= 0.6 is 0 Å². The van der Waals surface area contributed by atoms with E-state index in [9.17, 15) is 4.79 Å². The van der Waals surface area contributed by atoms with Crippen LogP contribution in [-0.2, 0) is 11.3 Å². The molecule has 1 amide bonds. The molecular formula is C14H21N3O. The van der Waals surface area contributed by atoms with Gasteiger partial charge in [0.15, 0.2) is 0 Å². The highest BCUT2D eigenvalue weighted by Gasteiger charge is 2.25. The minimum absolute atomic E-state index is 0.119. The Bertz CT molecular complexity index is 419. The zero-order valence-electron chi connectivity index (χ0n) is 10.9. The summed E-state index contributed by atoms with van der Waals surface area (Å²) < 4.78 is 0. The third kappa shape index (κ3) is 3.01. The number of anilines is 1. The predicted molar refractivity (Wildman–Crippen MR) is 72.9 cm³/mol. The number of amides is 1. The highest BCUT2D eigenvalue weighted by molar-refractivity contribution is 5.78. The van der Waals surface area contributed by atoms with Crippen LogP contribution in [0.5, 0.6) is 0 Å². The molecule has 3 N–H and O–H groups in total. The largest absolute Gasteiger partial charge is 0.398 e. The minimum atomic E-state index is 0.119. The number of piperidine rings is 1. The van der Waals surface area contributed by atoms with Crippen molar-refractivity contribution in [1.82, 2.24) is 10.2 Å². The lowest BCUT2D eigenvalue weighted by molar-refractivity contribution is -0.126. The minimum Gasteiger partial charge on any atom is -0.398 e. The first-order chi connectivity index (χ1) is 8.70. The number of para-hydroxylation sites is 1. The maximum absolute atomic E-state index is 11.7. The van der Waals surface area contributed by atoms with Crippen LogP contribution in [0.4, 0.5) is 5.69 Å². The fourth-order valence-electron chi connectivity index (χ4n) is 2.54. The molecule has 98 valence electrons. The zero-order chi connectivity index (χ0) is 13.0. The van der Waals surface area contributed by atoms with Crippen LogP contribution in [0, 0.1) is 5.92 Å². The number of hydrogen-bond acceptors (Lipinski definition) is 3. The molecule has 0 aliphatic carbocycles. The number of likely N-dealkylation sites (tertiary alicyclic amines) is 1. The van der Waals surface area contributed by atoms with E-state index in [4.69, 9.17) is 5.73 Å². The molecule has 1 atom stereocenters. The highest BCUT2D eigenvalue weighted by atomic mass is 16.1. The van der Waals surface area contributed by atoms with E-state index >= 15 is 0 Å². The number of hydrogen-bond donors (Lipinski definition) is 2. The second kappa shape index (κ2) is 5.87. The summed E-state index contributed by atoms with van der Waals surface area (Å²) in [4.78, 5) is 14.0. The Kier molecular flexibility index (Phi) is 4.20. The Morgan fingerprint density at radius 2 is 2.28 bits per heavy atom. The van der Waals surface area contributed by atoms with E-state index in [1.165, 1.54) is 0 Å². The Balaban J connectivity index is 1.98. The maximum atomic E-state index is 11.7. The molecule has 1 unspecified atom stereocenters. The van der Waals surface area contributed by atoms with Crippen molar-refractivity contribution in [3.8, 4) is 0 Å². The number of rotatable bonds is 3. The number of nitrogen functional groups attached to an aromatic ring is 1. The lowest BCUT2D eigenvalue weighted by Gasteiger charge is -2.32. The van der Waals surface area contributed by atoms with Crippen molar-refractivity contribution in [1.29, 1.82) is 0 Å². The normalized spacial score (nSPS) is 20.6. The fraction of sp³-hybridized carbons (Fsp3) is 0.500. The quantitative estimate of drug-likeness (QED) is 0.790. The molecule has 1 aliphatic heterocycles. The standard InChI is InChI=1S/C14H21N3O/c1-16-14(18)12-6-4-8-17(10-12)9-11-5-2-3-7-13(11)15/h2-3,5,7,12H,4,6,8-10,15H2,1H3,(H,16,18). The van der Waals surface area contributed by atoms with Gasteiger partial charge >= 0.3 is 0 Å². The summed E-state index contributed by atoms with van der Waals surface area (Å²) in [6.45, 7) is 2.70. The van der Waals surface area contributed by atoms with Gasteiger partial charge in [0.05, 0.1) is 5.92 Å². The topological polar surface area (TPSA) is 58.4 Å². The van der Waals surface area contributed by atoms with Gasteiger partial charge < -0.3 is 11.1 Å². The summed E-state index contributed by atoms with van der Waals surface area (Å²) in [5.74, 6) is 0.273. The summed E-state index contributed by atoms with van der Waals surface area (Å²) in [6.07, 6.45) is 2.06. The second-order valence-corrected chi connectivity index (χ2v) is 4.89. The van der Waals surface area contributed by atoms with Gasteiger partial charge in [-0.15, -0.1) is 0 Å². The number of benzene rings is 1. The highest BCUT2D eigenvalue weighted by Crippen LogP contribution is 2.20. The van der Waals surface area contributed by atoms with E-state index in [-0.39, 0.29) is 11.8 Å². The molecule has 1 fully saturated rings. The van der Waals surface area contributed by atoms with Crippen LogP contribution in [0.3, 0.4) is 0 Å². The molecule has 1 saturated heterocycles. The van der Waals surface area contributed by atoms with Crippen molar-refractivity contribution in [3.05, 3.63) is 29.8 Å². The predicted octanol–water partition coefficient (Wildman–Crippen LogP) is 1.23. The van der Waals surface area contributed by atoms with Gasteiger partial charge in [0.2, 0.25) is 5.91 Å². The average Bonchev–Trinajstić information content (AvgIpc) is 2.41. The van der Waals surface area contributed by atoms with Gasteiger partial charge in [-0.05, 0) is 31.0 Å². The fourth-order valence-corrected chi connectivity index (χ4v) is 2.54. The molecule has 0 aromatic heterocycles. The van der Waals surface area contributed by atoms with E-state index in [2.05, 4.69) is 16.3 Å². The van der Waals surface area contributed by atoms with Gasteiger partial charge in [-0.3, -0.25) is 9.69 Å². The van der Waals surface area contributed by atoms with Crippen molar-refractivity contribution in [2.75, 3.05) is 25.9 Å². The third-order valence-corrected chi connectivity index (χ3v) is 3.57. The van der Waals surface area contributed by atoms with Crippen LogP contribution in [-0.4, -0.2) is 30.9 Å². The first-order valence-electron chi connectivity index (χ1n) is 6.48. The SMILES string of the molecule is CNC(=O)C1CCCN(Cc2ccccc2N)C1. The Morgan fingerprint density at radius 3 is 3.00 bits per heavy atom. The molecule has 2 rings (SSSR count). The number of nitrogens with two attached hydrogens (primary N) is 1. The molecule has 0 saturated carbocycles.